The molecule has 3 aromatic carbocycles. The maximum Gasteiger partial charge on any atom is 0.257 e. The van der Waals surface area contributed by atoms with Gasteiger partial charge in [0, 0.05) is 35.9 Å². The number of hydrogen-bond acceptors (Lipinski definition) is 4. The first-order valence-corrected chi connectivity index (χ1v) is 12.5. The SMILES string of the molecule is O=C(Nc1ccc(C2=CCCN2)cc1)c1cc(Cl)c(C(=O)Nc2ccc(C3=NCCC3)cc2)cc1Cl. The summed E-state index contributed by atoms with van der Waals surface area (Å²) in [6, 6.07) is 17.9. The van der Waals surface area contributed by atoms with Crippen molar-refractivity contribution in [2.24, 2.45) is 4.99 Å². The standard InChI is InChI=1S/C28H24Cl2N4O2/c29-23-16-22(28(36)34-20-11-7-18(8-12-20)26-4-2-14-32-26)24(30)15-21(23)27(35)33-19-9-5-17(6-10-19)25-3-1-13-31-25/h3,5-12,15-16,31H,1-2,4,13-14H2,(H,33,35)(H,34,36). The Kier molecular flexibility index (Phi) is 7.07. The molecule has 182 valence electrons. The zero-order valence-electron chi connectivity index (χ0n) is 19.4. The van der Waals surface area contributed by atoms with Crippen LogP contribution in [-0.4, -0.2) is 30.6 Å². The molecule has 0 radical (unpaired) electrons. The summed E-state index contributed by atoms with van der Waals surface area (Å²) in [5.74, 6) is -0.824. The molecule has 3 N–H and O–H groups in total. The smallest absolute Gasteiger partial charge is 0.257 e. The number of rotatable bonds is 6. The topological polar surface area (TPSA) is 82.6 Å². The lowest BCUT2D eigenvalue weighted by molar-refractivity contribution is 0.101. The minimum absolute atomic E-state index is 0.133. The van der Waals surface area contributed by atoms with Crippen LogP contribution in [0.2, 0.25) is 10.0 Å². The third-order valence-corrected chi connectivity index (χ3v) is 6.78. The van der Waals surface area contributed by atoms with Crippen LogP contribution in [0.1, 0.15) is 51.1 Å². The molecule has 2 aliphatic rings. The number of nitrogens with zero attached hydrogens (tertiary/aromatic N) is 1. The lowest BCUT2D eigenvalue weighted by atomic mass is 10.1. The van der Waals surface area contributed by atoms with Crippen molar-refractivity contribution in [1.82, 2.24) is 5.32 Å². The molecule has 2 amide bonds. The van der Waals surface area contributed by atoms with Crippen LogP contribution in [0.4, 0.5) is 11.4 Å². The molecule has 2 aliphatic heterocycles. The second-order valence-electron chi connectivity index (χ2n) is 8.64. The van der Waals surface area contributed by atoms with Gasteiger partial charge in [-0.3, -0.25) is 14.6 Å². The monoisotopic (exact) mass is 518 g/mol. The van der Waals surface area contributed by atoms with Gasteiger partial charge in [0.1, 0.15) is 0 Å². The fraction of sp³-hybridized carbons (Fsp3) is 0.179. The summed E-state index contributed by atoms with van der Waals surface area (Å²) in [5, 5.41) is 9.24. The van der Waals surface area contributed by atoms with Crippen LogP contribution in [0.15, 0.2) is 71.7 Å². The summed E-state index contributed by atoms with van der Waals surface area (Å²) in [5.41, 5.74) is 5.93. The number of carbonyl (C=O) groups excluding carboxylic acids is 2. The van der Waals surface area contributed by atoms with Crippen LogP contribution in [0.5, 0.6) is 0 Å². The minimum atomic E-state index is -0.412. The first-order chi connectivity index (χ1) is 17.5. The van der Waals surface area contributed by atoms with Gasteiger partial charge in [-0.15, -0.1) is 0 Å². The van der Waals surface area contributed by atoms with Crippen molar-refractivity contribution in [2.45, 2.75) is 19.3 Å². The van der Waals surface area contributed by atoms with E-state index in [1.54, 1.807) is 0 Å². The number of carbonyl (C=O) groups is 2. The number of aliphatic imine (C=N–C) groups is 1. The van der Waals surface area contributed by atoms with E-state index in [4.69, 9.17) is 23.2 Å². The fourth-order valence-corrected chi connectivity index (χ4v) is 4.76. The molecule has 0 aliphatic carbocycles. The third-order valence-electron chi connectivity index (χ3n) is 6.16. The number of amides is 2. The van der Waals surface area contributed by atoms with Gasteiger partial charge in [0.2, 0.25) is 0 Å². The normalized spacial score (nSPS) is 14.6. The van der Waals surface area contributed by atoms with E-state index in [2.05, 4.69) is 27.0 Å². The van der Waals surface area contributed by atoms with Crippen molar-refractivity contribution >= 4 is 57.8 Å². The van der Waals surface area contributed by atoms with Gasteiger partial charge in [-0.05, 0) is 66.8 Å². The molecule has 3 aromatic rings. The highest BCUT2D eigenvalue weighted by Gasteiger charge is 2.19. The van der Waals surface area contributed by atoms with Crippen LogP contribution < -0.4 is 16.0 Å². The summed E-state index contributed by atoms with van der Waals surface area (Å²) >= 11 is 12.8. The first-order valence-electron chi connectivity index (χ1n) is 11.8. The van der Waals surface area contributed by atoms with E-state index in [0.717, 1.165) is 54.9 Å². The summed E-state index contributed by atoms with van der Waals surface area (Å²) in [6.45, 7) is 1.80. The Morgan fingerprint density at radius 3 is 1.83 bits per heavy atom. The summed E-state index contributed by atoms with van der Waals surface area (Å²) in [7, 11) is 0. The van der Waals surface area contributed by atoms with E-state index < -0.39 is 11.8 Å². The molecule has 2 heterocycles. The first kappa shape index (κ1) is 24.1. The number of nitrogens with one attached hydrogen (secondary N) is 3. The predicted octanol–water partition coefficient (Wildman–Crippen LogP) is 6.42. The molecule has 0 saturated carbocycles. The molecular formula is C28H24Cl2N4O2. The van der Waals surface area contributed by atoms with Crippen molar-refractivity contribution < 1.29 is 9.59 Å². The lowest BCUT2D eigenvalue weighted by Gasteiger charge is -2.12. The summed E-state index contributed by atoms with van der Waals surface area (Å²) in [6.07, 6.45) is 5.20. The molecule has 0 bridgehead atoms. The second kappa shape index (κ2) is 10.6. The van der Waals surface area contributed by atoms with Crippen molar-refractivity contribution in [1.29, 1.82) is 0 Å². The highest BCUT2D eigenvalue weighted by atomic mass is 35.5. The lowest BCUT2D eigenvalue weighted by Crippen LogP contribution is -2.16. The van der Waals surface area contributed by atoms with Gasteiger partial charge in [-0.25, -0.2) is 0 Å². The largest absolute Gasteiger partial charge is 0.385 e. The maximum absolute atomic E-state index is 12.9. The van der Waals surface area contributed by atoms with E-state index in [-0.39, 0.29) is 21.2 Å². The van der Waals surface area contributed by atoms with E-state index >= 15 is 0 Å². The molecule has 0 fully saturated rings. The van der Waals surface area contributed by atoms with E-state index in [0.29, 0.717) is 11.4 Å². The summed E-state index contributed by atoms with van der Waals surface area (Å²) < 4.78 is 0. The molecule has 0 aromatic heterocycles. The van der Waals surface area contributed by atoms with Gasteiger partial charge < -0.3 is 16.0 Å². The Hall–Kier alpha value is -3.61. The molecule has 8 heteroatoms. The van der Waals surface area contributed by atoms with Gasteiger partial charge in [0.05, 0.1) is 21.2 Å². The molecule has 0 unspecified atom stereocenters. The number of benzene rings is 3. The van der Waals surface area contributed by atoms with E-state index in [1.807, 2.05) is 48.5 Å². The highest BCUT2D eigenvalue weighted by molar-refractivity contribution is 6.38. The Balaban J connectivity index is 1.26. The predicted molar refractivity (Wildman–Crippen MR) is 146 cm³/mol. The van der Waals surface area contributed by atoms with E-state index in [9.17, 15) is 9.59 Å². The van der Waals surface area contributed by atoms with Gasteiger partial charge in [0.15, 0.2) is 0 Å². The van der Waals surface area contributed by atoms with Gasteiger partial charge in [-0.1, -0.05) is 53.5 Å². The Morgan fingerprint density at radius 1 is 0.806 bits per heavy atom. The molecule has 5 rings (SSSR count). The van der Waals surface area contributed by atoms with Crippen molar-refractivity contribution in [3.05, 3.63) is 99.0 Å². The molecular weight excluding hydrogens is 495 g/mol. The van der Waals surface area contributed by atoms with Gasteiger partial charge in [0.25, 0.3) is 11.8 Å². The van der Waals surface area contributed by atoms with Crippen molar-refractivity contribution in [3.63, 3.8) is 0 Å². The fourth-order valence-electron chi connectivity index (χ4n) is 4.26. The van der Waals surface area contributed by atoms with Crippen LogP contribution in [-0.2, 0) is 0 Å². The Labute approximate surface area is 219 Å². The van der Waals surface area contributed by atoms with Crippen LogP contribution in [0.3, 0.4) is 0 Å². The number of anilines is 2. The number of halogens is 2. The van der Waals surface area contributed by atoms with Crippen LogP contribution in [0.25, 0.3) is 5.70 Å². The Morgan fingerprint density at radius 2 is 1.36 bits per heavy atom. The van der Waals surface area contributed by atoms with Crippen molar-refractivity contribution in [2.75, 3.05) is 23.7 Å². The molecule has 6 nitrogen and oxygen atoms in total. The highest BCUT2D eigenvalue weighted by Crippen LogP contribution is 2.28. The second-order valence-corrected chi connectivity index (χ2v) is 9.45. The van der Waals surface area contributed by atoms with Gasteiger partial charge in [-0.2, -0.15) is 0 Å². The number of hydrogen-bond donors (Lipinski definition) is 3. The quantitative estimate of drug-likeness (QED) is 0.352. The average molecular weight is 519 g/mol. The molecule has 36 heavy (non-hydrogen) atoms. The van der Waals surface area contributed by atoms with Gasteiger partial charge >= 0.3 is 0 Å². The maximum atomic E-state index is 12.9. The minimum Gasteiger partial charge on any atom is -0.385 e. The zero-order chi connectivity index (χ0) is 25.1. The van der Waals surface area contributed by atoms with Crippen LogP contribution >= 0.6 is 23.2 Å². The molecule has 0 spiro atoms. The summed E-state index contributed by atoms with van der Waals surface area (Å²) in [4.78, 5) is 30.2. The van der Waals surface area contributed by atoms with Crippen LogP contribution in [0, 0.1) is 0 Å². The third kappa shape index (κ3) is 5.30. The molecule has 0 atom stereocenters. The Bertz CT molecular complexity index is 1270. The van der Waals surface area contributed by atoms with E-state index in [1.165, 1.54) is 12.1 Å². The average Bonchev–Trinajstić information content (AvgIpc) is 3.61. The zero-order valence-corrected chi connectivity index (χ0v) is 20.9. The molecule has 0 saturated heterocycles. The van der Waals surface area contributed by atoms with Crippen molar-refractivity contribution in [3.8, 4) is 0 Å².